The molecule has 1 aliphatic carbocycles. The SMILES string of the molecule is CC1(C)c2ncnc(-c3cccc4ccccc34)c2-c2ccc3ccccc3c21. The van der Waals surface area contributed by atoms with E-state index in [-0.39, 0.29) is 5.41 Å². The summed E-state index contributed by atoms with van der Waals surface area (Å²) >= 11 is 0. The van der Waals surface area contributed by atoms with E-state index in [0.717, 1.165) is 11.4 Å². The summed E-state index contributed by atoms with van der Waals surface area (Å²) in [6, 6.07) is 28.1. The highest BCUT2D eigenvalue weighted by Crippen LogP contribution is 2.53. The highest BCUT2D eigenvalue weighted by molar-refractivity contribution is 6.04. The van der Waals surface area contributed by atoms with Crippen LogP contribution in [-0.2, 0) is 5.41 Å². The van der Waals surface area contributed by atoms with Crippen molar-refractivity contribution in [1.82, 2.24) is 9.97 Å². The first kappa shape index (κ1) is 16.4. The van der Waals surface area contributed by atoms with Crippen molar-refractivity contribution in [2.45, 2.75) is 19.3 Å². The van der Waals surface area contributed by atoms with Crippen molar-refractivity contribution in [3.63, 3.8) is 0 Å². The molecule has 0 aliphatic heterocycles. The zero-order valence-corrected chi connectivity index (χ0v) is 16.5. The summed E-state index contributed by atoms with van der Waals surface area (Å²) in [6.07, 6.45) is 1.73. The highest BCUT2D eigenvalue weighted by atomic mass is 14.9. The van der Waals surface area contributed by atoms with Gasteiger partial charge in [0.2, 0.25) is 0 Å². The summed E-state index contributed by atoms with van der Waals surface area (Å²) in [4.78, 5) is 9.59. The van der Waals surface area contributed by atoms with Gasteiger partial charge in [-0.3, -0.25) is 0 Å². The number of nitrogens with zero attached hydrogens (tertiary/aromatic N) is 2. The fourth-order valence-electron chi connectivity index (χ4n) is 5.02. The predicted molar refractivity (Wildman–Crippen MR) is 120 cm³/mol. The highest BCUT2D eigenvalue weighted by Gasteiger charge is 2.40. The lowest BCUT2D eigenvalue weighted by atomic mass is 9.82. The van der Waals surface area contributed by atoms with Crippen molar-refractivity contribution in [2.24, 2.45) is 0 Å². The summed E-state index contributed by atoms with van der Waals surface area (Å²) in [5, 5.41) is 5.03. The van der Waals surface area contributed by atoms with Gasteiger partial charge in [-0.05, 0) is 32.7 Å². The second-order valence-electron chi connectivity index (χ2n) is 8.31. The number of rotatable bonds is 1. The maximum atomic E-state index is 4.80. The minimum absolute atomic E-state index is 0.173. The molecule has 5 aromatic rings. The first-order chi connectivity index (χ1) is 14.2. The van der Waals surface area contributed by atoms with Crippen LogP contribution in [0.2, 0.25) is 0 Å². The molecule has 0 atom stereocenters. The van der Waals surface area contributed by atoms with Gasteiger partial charge in [-0.15, -0.1) is 0 Å². The van der Waals surface area contributed by atoms with Crippen LogP contribution in [0.5, 0.6) is 0 Å². The van der Waals surface area contributed by atoms with Gasteiger partial charge < -0.3 is 0 Å². The van der Waals surface area contributed by atoms with Crippen LogP contribution in [0.25, 0.3) is 43.9 Å². The van der Waals surface area contributed by atoms with Crippen molar-refractivity contribution in [2.75, 3.05) is 0 Å². The molecule has 0 saturated heterocycles. The summed E-state index contributed by atoms with van der Waals surface area (Å²) in [7, 11) is 0. The summed E-state index contributed by atoms with van der Waals surface area (Å²) < 4.78 is 0. The second kappa shape index (κ2) is 5.74. The number of hydrogen-bond donors (Lipinski definition) is 0. The molecule has 0 radical (unpaired) electrons. The average molecular weight is 372 g/mol. The Morgan fingerprint density at radius 1 is 0.621 bits per heavy atom. The van der Waals surface area contributed by atoms with Crippen LogP contribution in [0.1, 0.15) is 25.1 Å². The minimum atomic E-state index is -0.173. The number of aromatic nitrogens is 2. The van der Waals surface area contributed by atoms with Gasteiger partial charge >= 0.3 is 0 Å². The van der Waals surface area contributed by atoms with E-state index in [0.29, 0.717) is 0 Å². The standard InChI is InChI=1S/C27H20N2/c1-27(2)24-20-12-6-4-9-18(20)14-15-22(24)23-25(28-16-29-26(23)27)21-13-7-10-17-8-3-5-11-19(17)21/h3-16H,1-2H3. The Bertz CT molecular complexity index is 1420. The van der Waals surface area contributed by atoms with E-state index < -0.39 is 0 Å². The van der Waals surface area contributed by atoms with E-state index >= 15 is 0 Å². The molecule has 0 N–H and O–H groups in total. The third-order valence-corrected chi connectivity index (χ3v) is 6.31. The molecule has 2 nitrogen and oxygen atoms in total. The zero-order chi connectivity index (χ0) is 19.6. The summed E-state index contributed by atoms with van der Waals surface area (Å²) in [6.45, 7) is 4.56. The second-order valence-corrected chi connectivity index (χ2v) is 8.31. The van der Waals surface area contributed by atoms with Gasteiger partial charge in [-0.25, -0.2) is 9.97 Å². The predicted octanol–water partition coefficient (Wildman–Crippen LogP) is 6.76. The van der Waals surface area contributed by atoms with Crippen molar-refractivity contribution < 1.29 is 0 Å². The van der Waals surface area contributed by atoms with Gasteiger partial charge in [-0.1, -0.05) is 92.7 Å². The molecular formula is C27H20N2. The molecule has 6 rings (SSSR count). The fourth-order valence-corrected chi connectivity index (χ4v) is 5.02. The Kier molecular flexibility index (Phi) is 3.25. The molecule has 0 amide bonds. The Morgan fingerprint density at radius 3 is 2.14 bits per heavy atom. The number of hydrogen-bond acceptors (Lipinski definition) is 2. The van der Waals surface area contributed by atoms with Gasteiger partial charge in [0.15, 0.2) is 0 Å². The Balaban J connectivity index is 1.74. The van der Waals surface area contributed by atoms with Crippen molar-refractivity contribution in [1.29, 1.82) is 0 Å². The quantitative estimate of drug-likeness (QED) is 0.325. The molecule has 1 heterocycles. The van der Waals surface area contributed by atoms with Crippen molar-refractivity contribution in [3.05, 3.63) is 96.4 Å². The van der Waals surface area contributed by atoms with Gasteiger partial charge in [-0.2, -0.15) is 0 Å². The molecule has 29 heavy (non-hydrogen) atoms. The molecule has 1 aliphatic rings. The topological polar surface area (TPSA) is 25.8 Å². The Morgan fingerprint density at radius 2 is 1.31 bits per heavy atom. The zero-order valence-electron chi connectivity index (χ0n) is 16.5. The maximum absolute atomic E-state index is 4.80. The molecular weight excluding hydrogens is 352 g/mol. The molecule has 4 aromatic carbocycles. The lowest BCUT2D eigenvalue weighted by Gasteiger charge is -2.21. The van der Waals surface area contributed by atoms with Crippen molar-refractivity contribution >= 4 is 21.5 Å². The largest absolute Gasteiger partial charge is 0.240 e. The first-order valence-corrected chi connectivity index (χ1v) is 10.0. The fraction of sp³-hybridized carbons (Fsp3) is 0.111. The van der Waals surface area contributed by atoms with Crippen LogP contribution in [0.4, 0.5) is 0 Å². The molecule has 0 saturated carbocycles. The van der Waals surface area contributed by atoms with Crippen molar-refractivity contribution in [3.8, 4) is 22.4 Å². The third-order valence-electron chi connectivity index (χ3n) is 6.31. The van der Waals surface area contributed by atoms with Crippen LogP contribution >= 0.6 is 0 Å². The Hall–Kier alpha value is -3.52. The van der Waals surface area contributed by atoms with E-state index in [1.807, 2.05) is 0 Å². The lowest BCUT2D eigenvalue weighted by Crippen LogP contribution is -2.17. The van der Waals surface area contributed by atoms with E-state index in [1.165, 1.54) is 43.8 Å². The normalized spacial score (nSPS) is 14.1. The molecule has 0 fully saturated rings. The average Bonchev–Trinajstić information content (AvgIpc) is 3.01. The number of fused-ring (bicyclic) bond motifs is 6. The lowest BCUT2D eigenvalue weighted by molar-refractivity contribution is 0.640. The Labute approximate surface area is 169 Å². The van der Waals surface area contributed by atoms with Gasteiger partial charge in [0.05, 0.1) is 11.4 Å². The maximum Gasteiger partial charge on any atom is 0.116 e. The number of benzene rings is 4. The van der Waals surface area contributed by atoms with E-state index in [2.05, 4.69) is 92.7 Å². The minimum Gasteiger partial charge on any atom is -0.240 e. The molecule has 0 bridgehead atoms. The van der Waals surface area contributed by atoms with Gasteiger partial charge in [0, 0.05) is 16.5 Å². The van der Waals surface area contributed by atoms with E-state index in [9.17, 15) is 0 Å². The molecule has 0 spiro atoms. The molecule has 2 heteroatoms. The van der Waals surface area contributed by atoms with Crippen LogP contribution in [0.3, 0.4) is 0 Å². The molecule has 0 unspecified atom stereocenters. The van der Waals surface area contributed by atoms with E-state index in [4.69, 9.17) is 9.97 Å². The smallest absolute Gasteiger partial charge is 0.116 e. The molecule has 138 valence electrons. The van der Waals surface area contributed by atoms with Crippen LogP contribution in [0, 0.1) is 0 Å². The third kappa shape index (κ3) is 2.17. The first-order valence-electron chi connectivity index (χ1n) is 10.0. The van der Waals surface area contributed by atoms with Gasteiger partial charge in [0.1, 0.15) is 6.33 Å². The van der Waals surface area contributed by atoms with E-state index in [1.54, 1.807) is 6.33 Å². The van der Waals surface area contributed by atoms with Gasteiger partial charge in [0.25, 0.3) is 0 Å². The van der Waals surface area contributed by atoms with Crippen LogP contribution in [0.15, 0.2) is 85.2 Å². The monoisotopic (exact) mass is 372 g/mol. The molecule has 1 aromatic heterocycles. The van der Waals surface area contributed by atoms with Crippen LogP contribution in [-0.4, -0.2) is 9.97 Å². The summed E-state index contributed by atoms with van der Waals surface area (Å²) in [5.41, 5.74) is 6.91. The van der Waals surface area contributed by atoms with Crippen LogP contribution < -0.4 is 0 Å². The summed E-state index contributed by atoms with van der Waals surface area (Å²) in [5.74, 6) is 0.